The molecule has 0 radical (unpaired) electrons. The molecule has 2 aliphatic rings. The van der Waals surface area contributed by atoms with Crippen molar-refractivity contribution in [1.82, 2.24) is 25.5 Å². The lowest BCUT2D eigenvalue weighted by Gasteiger charge is -2.28. The number of benzene rings is 1. The number of hydrogen-bond donors (Lipinski definition) is 3. The zero-order valence-corrected chi connectivity index (χ0v) is 19.1. The van der Waals surface area contributed by atoms with E-state index < -0.39 is 17.5 Å². The zero-order valence-electron chi connectivity index (χ0n) is 18.3. The molecule has 4 amide bonds. The molecule has 11 nitrogen and oxygen atoms in total. The van der Waals surface area contributed by atoms with Gasteiger partial charge in [-0.05, 0) is 29.8 Å². The van der Waals surface area contributed by atoms with Gasteiger partial charge in [-0.15, -0.1) is 11.3 Å². The minimum atomic E-state index is -1.61. The highest BCUT2D eigenvalue weighted by Crippen LogP contribution is 2.35. The maximum Gasteiger partial charge on any atom is 0.322 e. The first-order valence-electron chi connectivity index (χ1n) is 10.6. The minimum absolute atomic E-state index is 0.121. The number of furan rings is 1. The van der Waals surface area contributed by atoms with Gasteiger partial charge < -0.3 is 24.7 Å². The molecule has 1 unspecified atom stereocenters. The lowest BCUT2D eigenvalue weighted by Crippen LogP contribution is -2.52. The van der Waals surface area contributed by atoms with Crippen molar-refractivity contribution in [3.63, 3.8) is 0 Å². The van der Waals surface area contributed by atoms with E-state index in [1.807, 2.05) is 11.4 Å². The summed E-state index contributed by atoms with van der Waals surface area (Å²) in [6, 6.07) is 9.63. The van der Waals surface area contributed by atoms with Gasteiger partial charge in [-0.3, -0.25) is 14.9 Å². The van der Waals surface area contributed by atoms with Crippen molar-refractivity contribution >= 4 is 51.2 Å². The first-order chi connectivity index (χ1) is 16.9. The first kappa shape index (κ1) is 21.1. The number of amides is 4. The largest absolute Gasteiger partial charge is 0.497 e. The third-order valence-electron chi connectivity index (χ3n) is 6.03. The molecule has 1 saturated heterocycles. The van der Waals surface area contributed by atoms with Crippen LogP contribution in [-0.4, -0.2) is 46.4 Å². The number of hydrogen-bond acceptors (Lipinski definition) is 9. The van der Waals surface area contributed by atoms with Crippen LogP contribution in [0.4, 0.5) is 15.7 Å². The topological polar surface area (TPSA) is 139 Å². The molecule has 3 N–H and O–H groups in total. The maximum atomic E-state index is 13.2. The van der Waals surface area contributed by atoms with Crippen molar-refractivity contribution in [2.75, 3.05) is 19.0 Å². The predicted octanol–water partition coefficient (Wildman–Crippen LogP) is 2.73. The Morgan fingerprint density at radius 2 is 2.11 bits per heavy atom. The van der Waals surface area contributed by atoms with Gasteiger partial charge in [-0.25, -0.2) is 14.8 Å². The zero-order chi connectivity index (χ0) is 24.2. The highest BCUT2D eigenvalue weighted by atomic mass is 32.1. The molecule has 12 heteroatoms. The van der Waals surface area contributed by atoms with Gasteiger partial charge >= 0.3 is 6.03 Å². The van der Waals surface area contributed by atoms with Crippen LogP contribution in [0.25, 0.3) is 11.1 Å². The quantitative estimate of drug-likeness (QED) is 0.351. The molecule has 0 saturated carbocycles. The van der Waals surface area contributed by atoms with E-state index in [0.717, 1.165) is 5.56 Å². The fraction of sp³-hybridized carbons (Fsp3) is 0.174. The number of aromatic nitrogens is 2. The Bertz CT molecular complexity index is 1500. The molecular formula is C23H18N6O5S. The second-order valence-electron chi connectivity index (χ2n) is 8.15. The highest BCUT2D eigenvalue weighted by molar-refractivity contribution is 7.13. The van der Waals surface area contributed by atoms with Gasteiger partial charge in [-0.2, -0.15) is 0 Å². The van der Waals surface area contributed by atoms with E-state index in [2.05, 4.69) is 25.9 Å². The molecule has 5 heterocycles. The number of imide groups is 1. The van der Waals surface area contributed by atoms with Gasteiger partial charge in [0.25, 0.3) is 11.8 Å². The summed E-state index contributed by atoms with van der Waals surface area (Å²) in [5.74, 6) is 0.412. The van der Waals surface area contributed by atoms with Crippen LogP contribution < -0.4 is 20.7 Å². The number of anilines is 2. The molecule has 2 aliphatic heterocycles. The number of carbonyl (C=O) groups excluding carboxylic acids is 3. The van der Waals surface area contributed by atoms with Crippen LogP contribution in [-0.2, 0) is 16.9 Å². The van der Waals surface area contributed by atoms with Crippen LogP contribution in [0.1, 0.15) is 21.7 Å². The van der Waals surface area contributed by atoms with E-state index in [0.29, 0.717) is 33.4 Å². The van der Waals surface area contributed by atoms with Crippen LogP contribution in [0.3, 0.4) is 0 Å². The molecule has 4 aromatic rings. The fourth-order valence-corrected chi connectivity index (χ4v) is 4.87. The molecule has 3 aromatic heterocycles. The molecule has 1 fully saturated rings. The second kappa shape index (κ2) is 7.81. The van der Waals surface area contributed by atoms with E-state index in [-0.39, 0.29) is 24.8 Å². The molecule has 35 heavy (non-hydrogen) atoms. The number of thiazole rings is 1. The molecule has 176 valence electrons. The monoisotopic (exact) mass is 490 g/mol. The number of methoxy groups -OCH3 is 1. The number of carbonyl (C=O) groups is 3. The smallest absolute Gasteiger partial charge is 0.322 e. The number of rotatable bonds is 6. The van der Waals surface area contributed by atoms with Crippen LogP contribution >= 0.6 is 11.3 Å². The summed E-state index contributed by atoms with van der Waals surface area (Å²) in [6.07, 6.45) is 1.68. The summed E-state index contributed by atoms with van der Waals surface area (Å²) in [4.78, 5) is 48.7. The number of nitrogens with zero attached hydrogens (tertiary/aromatic N) is 3. The molecule has 0 spiro atoms. The van der Waals surface area contributed by atoms with Crippen molar-refractivity contribution in [1.29, 1.82) is 0 Å². The summed E-state index contributed by atoms with van der Waals surface area (Å²) >= 11 is 1.43. The van der Waals surface area contributed by atoms with Gasteiger partial charge in [0.15, 0.2) is 16.3 Å². The first-order valence-corrected chi connectivity index (χ1v) is 11.5. The number of ether oxygens (including phenoxy) is 1. The lowest BCUT2D eigenvalue weighted by molar-refractivity contribution is -0.125. The summed E-state index contributed by atoms with van der Waals surface area (Å²) < 4.78 is 11.2. The van der Waals surface area contributed by atoms with E-state index >= 15 is 0 Å². The molecule has 6 rings (SSSR count). The average Bonchev–Trinajstić information content (AvgIpc) is 3.62. The van der Waals surface area contributed by atoms with Crippen molar-refractivity contribution in [2.45, 2.75) is 12.1 Å². The summed E-state index contributed by atoms with van der Waals surface area (Å²) in [6.45, 7) is 0.161. The standard InChI is InChI=1S/C23H18N6O5S/c1-33-13-3-2-12-10-29(19(30)14(12)8-13)11-23(20(31)27-21(32)28-23)17-9-15-16(34-17)4-5-18(25-15)26-22-24-6-7-35-22/h2-9H,10-11H2,1H3,(H,24,25,26)(H2,27,28,31,32). The number of fused-ring (bicyclic) bond motifs is 2. The average molecular weight is 491 g/mol. The molecule has 1 atom stereocenters. The van der Waals surface area contributed by atoms with Crippen molar-refractivity contribution < 1.29 is 23.5 Å². The minimum Gasteiger partial charge on any atom is -0.497 e. The predicted molar refractivity (Wildman–Crippen MR) is 125 cm³/mol. The Labute approximate surface area is 202 Å². The van der Waals surface area contributed by atoms with E-state index in [1.165, 1.54) is 23.3 Å². The SMILES string of the molecule is COc1ccc2c(c1)C(=O)N(CC1(c3cc4nc(Nc5nccs5)ccc4o3)NC(=O)NC1=O)C2. The number of urea groups is 1. The molecule has 0 bridgehead atoms. The second-order valence-corrected chi connectivity index (χ2v) is 9.05. The highest BCUT2D eigenvalue weighted by Gasteiger charge is 2.53. The Balaban J connectivity index is 1.35. The number of pyridine rings is 1. The van der Waals surface area contributed by atoms with Crippen LogP contribution in [0.15, 0.2) is 52.4 Å². The van der Waals surface area contributed by atoms with Crippen LogP contribution in [0.2, 0.25) is 0 Å². The van der Waals surface area contributed by atoms with Gasteiger partial charge in [0.1, 0.15) is 22.8 Å². The van der Waals surface area contributed by atoms with Gasteiger partial charge in [-0.1, -0.05) is 6.07 Å². The summed E-state index contributed by atoms with van der Waals surface area (Å²) in [7, 11) is 1.53. The third-order valence-corrected chi connectivity index (χ3v) is 6.72. The van der Waals surface area contributed by atoms with Crippen molar-refractivity contribution in [3.8, 4) is 5.75 Å². The van der Waals surface area contributed by atoms with Crippen molar-refractivity contribution in [3.05, 3.63) is 64.9 Å². The molecular weight excluding hydrogens is 472 g/mol. The summed E-state index contributed by atoms with van der Waals surface area (Å²) in [5, 5.41) is 10.6. The Morgan fingerprint density at radius 1 is 1.23 bits per heavy atom. The fourth-order valence-electron chi connectivity index (χ4n) is 4.33. The number of nitrogens with one attached hydrogen (secondary N) is 3. The third kappa shape index (κ3) is 3.46. The Kier molecular flexibility index (Phi) is 4.71. The van der Waals surface area contributed by atoms with E-state index in [1.54, 1.807) is 36.5 Å². The normalized spacial score (nSPS) is 19.1. The summed E-state index contributed by atoms with van der Waals surface area (Å²) in [5.41, 5.74) is 0.602. The maximum absolute atomic E-state index is 13.2. The van der Waals surface area contributed by atoms with E-state index in [4.69, 9.17) is 9.15 Å². The van der Waals surface area contributed by atoms with Crippen LogP contribution in [0, 0.1) is 0 Å². The van der Waals surface area contributed by atoms with Gasteiger partial charge in [0, 0.05) is 29.8 Å². The van der Waals surface area contributed by atoms with Crippen molar-refractivity contribution in [2.24, 2.45) is 0 Å². The lowest BCUT2D eigenvalue weighted by atomic mass is 9.95. The Hall–Kier alpha value is -4.45. The molecule has 1 aromatic carbocycles. The van der Waals surface area contributed by atoms with Crippen LogP contribution in [0.5, 0.6) is 5.75 Å². The molecule has 0 aliphatic carbocycles. The Morgan fingerprint density at radius 3 is 2.86 bits per heavy atom. The van der Waals surface area contributed by atoms with E-state index in [9.17, 15) is 14.4 Å². The van der Waals surface area contributed by atoms with Gasteiger partial charge in [0.05, 0.1) is 13.7 Å². The van der Waals surface area contributed by atoms with Gasteiger partial charge in [0.2, 0.25) is 0 Å².